The van der Waals surface area contributed by atoms with Gasteiger partial charge in [-0.15, -0.1) is 0 Å². The molecule has 2 rings (SSSR count). The minimum Gasteiger partial charge on any atom is -0.384 e. The number of rotatable bonds is 2. The standard InChI is InChI=1S/C14H22N4/c1-10-4-3-8-18(9-7-10)14-12(13(15)16)6-5-11(2)17-14/h5-6,10H,3-4,7-9H2,1-2H3,(H3,15,16). The zero-order chi connectivity index (χ0) is 13.1. The molecule has 3 N–H and O–H groups in total. The first-order valence-corrected chi connectivity index (χ1v) is 6.65. The third kappa shape index (κ3) is 2.81. The van der Waals surface area contributed by atoms with Crippen LogP contribution in [-0.2, 0) is 0 Å². The average Bonchev–Trinajstić information content (AvgIpc) is 2.53. The van der Waals surface area contributed by atoms with Crippen LogP contribution in [0.15, 0.2) is 12.1 Å². The van der Waals surface area contributed by atoms with Gasteiger partial charge in [0.1, 0.15) is 11.7 Å². The predicted octanol–water partition coefficient (Wildman–Crippen LogP) is 2.30. The minimum atomic E-state index is 0.106. The van der Waals surface area contributed by atoms with Crippen LogP contribution in [0.5, 0.6) is 0 Å². The van der Waals surface area contributed by atoms with Crippen molar-refractivity contribution in [3.8, 4) is 0 Å². The highest BCUT2D eigenvalue weighted by molar-refractivity contribution is 5.99. The molecule has 1 saturated heterocycles. The van der Waals surface area contributed by atoms with Crippen molar-refractivity contribution in [1.29, 1.82) is 5.41 Å². The van der Waals surface area contributed by atoms with E-state index >= 15 is 0 Å². The lowest BCUT2D eigenvalue weighted by Crippen LogP contribution is -2.28. The first-order chi connectivity index (χ1) is 8.58. The first kappa shape index (κ1) is 12.9. The van der Waals surface area contributed by atoms with Crippen LogP contribution < -0.4 is 10.6 Å². The molecule has 1 unspecified atom stereocenters. The third-order valence-electron chi connectivity index (χ3n) is 3.62. The fourth-order valence-corrected chi connectivity index (χ4v) is 2.47. The van der Waals surface area contributed by atoms with Crippen molar-refractivity contribution >= 4 is 11.7 Å². The van der Waals surface area contributed by atoms with E-state index in [1.165, 1.54) is 19.3 Å². The Balaban J connectivity index is 2.30. The molecule has 18 heavy (non-hydrogen) atoms. The van der Waals surface area contributed by atoms with Gasteiger partial charge in [-0.25, -0.2) is 4.98 Å². The van der Waals surface area contributed by atoms with Crippen LogP contribution in [0.3, 0.4) is 0 Å². The molecule has 4 heteroatoms. The number of pyridine rings is 1. The van der Waals surface area contributed by atoms with Gasteiger partial charge in [0.2, 0.25) is 0 Å². The molecule has 4 nitrogen and oxygen atoms in total. The SMILES string of the molecule is Cc1ccc(C(=N)N)c(N2CCCC(C)CC2)n1. The van der Waals surface area contributed by atoms with Crippen molar-refractivity contribution in [3.63, 3.8) is 0 Å². The number of nitrogens with zero attached hydrogens (tertiary/aromatic N) is 2. The molecule has 98 valence electrons. The van der Waals surface area contributed by atoms with Gasteiger partial charge < -0.3 is 10.6 Å². The lowest BCUT2D eigenvalue weighted by atomic mass is 10.0. The Morgan fingerprint density at radius 3 is 2.89 bits per heavy atom. The van der Waals surface area contributed by atoms with E-state index < -0.39 is 0 Å². The Hall–Kier alpha value is -1.58. The van der Waals surface area contributed by atoms with Crippen LogP contribution >= 0.6 is 0 Å². The number of nitrogen functional groups attached to an aromatic ring is 1. The maximum absolute atomic E-state index is 7.67. The third-order valence-corrected chi connectivity index (χ3v) is 3.62. The van der Waals surface area contributed by atoms with Crippen molar-refractivity contribution in [1.82, 2.24) is 4.98 Å². The number of nitrogens with one attached hydrogen (secondary N) is 1. The van der Waals surface area contributed by atoms with Gasteiger partial charge in [-0.2, -0.15) is 0 Å². The molecule has 2 heterocycles. The Morgan fingerprint density at radius 2 is 2.17 bits per heavy atom. The molecular weight excluding hydrogens is 224 g/mol. The second-order valence-corrected chi connectivity index (χ2v) is 5.26. The largest absolute Gasteiger partial charge is 0.384 e. The van der Waals surface area contributed by atoms with Crippen LogP contribution in [0, 0.1) is 18.3 Å². The van der Waals surface area contributed by atoms with E-state index in [1.807, 2.05) is 19.1 Å². The van der Waals surface area contributed by atoms with Crippen molar-refractivity contribution < 1.29 is 0 Å². The summed E-state index contributed by atoms with van der Waals surface area (Å²) >= 11 is 0. The van der Waals surface area contributed by atoms with E-state index in [0.29, 0.717) is 0 Å². The number of amidine groups is 1. The van der Waals surface area contributed by atoms with E-state index in [0.717, 1.165) is 36.1 Å². The summed E-state index contributed by atoms with van der Waals surface area (Å²) in [6, 6.07) is 3.83. The second-order valence-electron chi connectivity index (χ2n) is 5.26. The summed E-state index contributed by atoms with van der Waals surface area (Å²) in [6.45, 7) is 6.31. The highest BCUT2D eigenvalue weighted by atomic mass is 15.2. The smallest absolute Gasteiger partial charge is 0.139 e. The fourth-order valence-electron chi connectivity index (χ4n) is 2.47. The zero-order valence-corrected chi connectivity index (χ0v) is 11.2. The highest BCUT2D eigenvalue weighted by Crippen LogP contribution is 2.24. The molecule has 0 spiro atoms. The first-order valence-electron chi connectivity index (χ1n) is 6.65. The fraction of sp³-hybridized carbons (Fsp3) is 0.571. The number of aryl methyl sites for hydroxylation is 1. The van der Waals surface area contributed by atoms with Crippen LogP contribution in [-0.4, -0.2) is 23.9 Å². The summed E-state index contributed by atoms with van der Waals surface area (Å²) in [5, 5.41) is 7.67. The van der Waals surface area contributed by atoms with Gasteiger partial charge in [0.05, 0.1) is 5.56 Å². The Kier molecular flexibility index (Phi) is 3.84. The predicted molar refractivity (Wildman–Crippen MR) is 75.2 cm³/mol. The summed E-state index contributed by atoms with van der Waals surface area (Å²) < 4.78 is 0. The topological polar surface area (TPSA) is 66.0 Å². The summed E-state index contributed by atoms with van der Waals surface area (Å²) in [7, 11) is 0. The lowest BCUT2D eigenvalue weighted by molar-refractivity contribution is 0.521. The van der Waals surface area contributed by atoms with Crippen LogP contribution in [0.2, 0.25) is 0 Å². The summed E-state index contributed by atoms with van der Waals surface area (Å²) in [6.07, 6.45) is 3.65. The van der Waals surface area contributed by atoms with Gasteiger partial charge in [0, 0.05) is 18.8 Å². The van der Waals surface area contributed by atoms with Crippen molar-refractivity contribution in [3.05, 3.63) is 23.4 Å². The van der Waals surface area contributed by atoms with Gasteiger partial charge >= 0.3 is 0 Å². The van der Waals surface area contributed by atoms with Gasteiger partial charge in [-0.1, -0.05) is 6.92 Å². The van der Waals surface area contributed by atoms with E-state index in [-0.39, 0.29) is 5.84 Å². The Labute approximate surface area is 109 Å². The van der Waals surface area contributed by atoms with Gasteiger partial charge in [0.15, 0.2) is 0 Å². The molecule has 1 atom stereocenters. The summed E-state index contributed by atoms with van der Waals surface area (Å²) in [4.78, 5) is 6.87. The molecule has 0 saturated carbocycles. The molecular formula is C14H22N4. The van der Waals surface area contributed by atoms with E-state index in [9.17, 15) is 0 Å². The maximum Gasteiger partial charge on any atom is 0.139 e. The zero-order valence-electron chi connectivity index (χ0n) is 11.2. The van der Waals surface area contributed by atoms with Gasteiger partial charge in [-0.05, 0) is 44.2 Å². The van der Waals surface area contributed by atoms with Crippen LogP contribution in [0.25, 0.3) is 0 Å². The van der Waals surface area contributed by atoms with E-state index in [4.69, 9.17) is 11.1 Å². The molecule has 1 aliphatic heterocycles. The van der Waals surface area contributed by atoms with Crippen LogP contribution in [0.4, 0.5) is 5.82 Å². The highest BCUT2D eigenvalue weighted by Gasteiger charge is 2.18. The van der Waals surface area contributed by atoms with E-state index in [2.05, 4.69) is 16.8 Å². The monoisotopic (exact) mass is 246 g/mol. The quantitative estimate of drug-likeness (QED) is 0.621. The van der Waals surface area contributed by atoms with Crippen molar-refractivity contribution in [2.24, 2.45) is 11.7 Å². The number of hydrogen-bond acceptors (Lipinski definition) is 3. The van der Waals surface area contributed by atoms with Crippen LogP contribution in [0.1, 0.15) is 37.4 Å². The van der Waals surface area contributed by atoms with Gasteiger partial charge in [0.25, 0.3) is 0 Å². The second kappa shape index (κ2) is 5.38. The number of nitrogens with two attached hydrogens (primary N) is 1. The molecule has 1 aromatic heterocycles. The number of aromatic nitrogens is 1. The minimum absolute atomic E-state index is 0.106. The number of hydrogen-bond donors (Lipinski definition) is 2. The molecule has 0 aromatic carbocycles. The Morgan fingerprint density at radius 1 is 1.39 bits per heavy atom. The van der Waals surface area contributed by atoms with Crippen molar-refractivity contribution in [2.45, 2.75) is 33.1 Å². The molecule has 1 fully saturated rings. The normalized spacial score (nSPS) is 20.6. The summed E-state index contributed by atoms with van der Waals surface area (Å²) in [5.41, 5.74) is 7.39. The molecule has 0 amide bonds. The molecule has 0 radical (unpaired) electrons. The lowest BCUT2D eigenvalue weighted by Gasteiger charge is -2.24. The molecule has 0 aliphatic carbocycles. The number of anilines is 1. The van der Waals surface area contributed by atoms with E-state index in [1.54, 1.807) is 0 Å². The van der Waals surface area contributed by atoms with Crippen molar-refractivity contribution in [2.75, 3.05) is 18.0 Å². The average molecular weight is 246 g/mol. The molecule has 1 aliphatic rings. The molecule has 0 bridgehead atoms. The van der Waals surface area contributed by atoms with Gasteiger partial charge in [-0.3, -0.25) is 5.41 Å². The maximum atomic E-state index is 7.67. The molecule has 1 aromatic rings. The Bertz CT molecular complexity index is 441. The summed E-state index contributed by atoms with van der Waals surface area (Å²) in [5.74, 6) is 1.77.